The number of nitrogen functional groups attached to an aromatic ring is 1. The molecular weight excluding hydrogens is 266 g/mol. The number of hydrogen-bond donors (Lipinski definition) is 3. The number of aromatic nitrogens is 2. The van der Waals surface area contributed by atoms with Crippen molar-refractivity contribution in [2.45, 2.75) is 26.4 Å². The van der Waals surface area contributed by atoms with Crippen LogP contribution in [0.2, 0.25) is 0 Å². The molecule has 0 spiro atoms. The Morgan fingerprint density at radius 3 is 2.48 bits per heavy atom. The van der Waals surface area contributed by atoms with Crippen LogP contribution in [0.25, 0.3) is 0 Å². The van der Waals surface area contributed by atoms with E-state index in [1.807, 2.05) is 12.1 Å². The van der Waals surface area contributed by atoms with E-state index in [4.69, 9.17) is 10.6 Å². The molecule has 1 aromatic carbocycles. The Bertz CT molecular complexity index is 571. The maximum Gasteiger partial charge on any atom is 0.158 e. The van der Waals surface area contributed by atoms with Crippen molar-refractivity contribution in [2.75, 3.05) is 17.9 Å². The van der Waals surface area contributed by atoms with Crippen molar-refractivity contribution in [2.24, 2.45) is 5.84 Å². The van der Waals surface area contributed by atoms with Gasteiger partial charge in [0.1, 0.15) is 18.2 Å². The number of rotatable bonds is 7. The smallest absolute Gasteiger partial charge is 0.158 e. The zero-order valence-corrected chi connectivity index (χ0v) is 12.4. The van der Waals surface area contributed by atoms with Gasteiger partial charge in [-0.1, -0.05) is 25.5 Å². The van der Waals surface area contributed by atoms with Crippen LogP contribution in [-0.2, 0) is 17.8 Å². The second kappa shape index (κ2) is 7.56. The number of benzene rings is 1. The Kier molecular flexibility index (Phi) is 5.48. The first-order chi connectivity index (χ1) is 10.2. The second-order valence-corrected chi connectivity index (χ2v) is 4.70. The van der Waals surface area contributed by atoms with Gasteiger partial charge in [0.2, 0.25) is 0 Å². The predicted octanol–water partition coefficient (Wildman–Crippen LogP) is 2.60. The van der Waals surface area contributed by atoms with Crippen LogP contribution in [0.3, 0.4) is 0 Å². The molecule has 1 aromatic heterocycles. The third-order valence-corrected chi connectivity index (χ3v) is 2.96. The average molecular weight is 287 g/mol. The zero-order valence-electron chi connectivity index (χ0n) is 12.4. The lowest BCUT2D eigenvalue weighted by molar-refractivity contribution is 0.178. The maximum atomic E-state index is 5.42. The first-order valence-electron chi connectivity index (χ1n) is 6.94. The molecule has 0 aliphatic heterocycles. The molecule has 2 aromatic rings. The van der Waals surface area contributed by atoms with Crippen LogP contribution in [-0.4, -0.2) is 17.1 Å². The summed E-state index contributed by atoms with van der Waals surface area (Å²) in [4.78, 5) is 8.59. The highest BCUT2D eigenvalue weighted by atomic mass is 16.5. The lowest BCUT2D eigenvalue weighted by Crippen LogP contribution is -2.11. The second-order valence-electron chi connectivity index (χ2n) is 4.70. The van der Waals surface area contributed by atoms with Gasteiger partial charge in [0.05, 0.1) is 0 Å². The molecule has 6 nitrogen and oxygen atoms in total. The molecule has 21 heavy (non-hydrogen) atoms. The molecule has 4 N–H and O–H groups in total. The number of methoxy groups -OCH3 is 1. The lowest BCUT2D eigenvalue weighted by Gasteiger charge is -2.10. The van der Waals surface area contributed by atoms with Crippen LogP contribution in [0, 0.1) is 0 Å². The molecule has 0 amide bonds. The van der Waals surface area contributed by atoms with Gasteiger partial charge in [0, 0.05) is 18.9 Å². The standard InChI is InChI=1S/C15H21N5O/c1-3-4-11-5-7-12(8-6-11)17-13-9-14(20-16)19-15(18-13)10-21-2/h5-9H,3-4,10,16H2,1-2H3,(H2,17,18,19,20). The van der Waals surface area contributed by atoms with Gasteiger partial charge in [-0.15, -0.1) is 0 Å². The molecule has 0 unspecified atom stereocenters. The number of hydrogen-bond acceptors (Lipinski definition) is 6. The number of nitrogens with one attached hydrogen (secondary N) is 2. The Morgan fingerprint density at radius 2 is 1.86 bits per heavy atom. The molecule has 0 aliphatic rings. The topological polar surface area (TPSA) is 85.1 Å². The first-order valence-corrected chi connectivity index (χ1v) is 6.94. The van der Waals surface area contributed by atoms with Crippen molar-refractivity contribution in [3.8, 4) is 0 Å². The normalized spacial score (nSPS) is 10.4. The largest absolute Gasteiger partial charge is 0.377 e. The van der Waals surface area contributed by atoms with E-state index in [9.17, 15) is 0 Å². The summed E-state index contributed by atoms with van der Waals surface area (Å²) < 4.78 is 5.05. The van der Waals surface area contributed by atoms with Crippen LogP contribution in [0.5, 0.6) is 0 Å². The maximum absolute atomic E-state index is 5.42. The molecule has 2 rings (SSSR count). The van der Waals surface area contributed by atoms with E-state index in [0.29, 0.717) is 24.1 Å². The van der Waals surface area contributed by atoms with Crippen molar-refractivity contribution < 1.29 is 4.74 Å². The summed E-state index contributed by atoms with van der Waals surface area (Å²) in [5, 5.41) is 3.24. The highest BCUT2D eigenvalue weighted by Gasteiger charge is 2.04. The predicted molar refractivity (Wildman–Crippen MR) is 84.3 cm³/mol. The summed E-state index contributed by atoms with van der Waals surface area (Å²) in [6, 6.07) is 10.1. The van der Waals surface area contributed by atoms with Gasteiger partial charge in [0.15, 0.2) is 5.82 Å². The molecule has 6 heteroatoms. The average Bonchev–Trinajstić information content (AvgIpc) is 2.49. The minimum Gasteiger partial charge on any atom is -0.377 e. The van der Waals surface area contributed by atoms with E-state index < -0.39 is 0 Å². The minimum atomic E-state index is 0.333. The lowest BCUT2D eigenvalue weighted by atomic mass is 10.1. The SMILES string of the molecule is CCCc1ccc(Nc2cc(NN)nc(COC)n2)cc1. The summed E-state index contributed by atoms with van der Waals surface area (Å²) in [5.74, 6) is 7.21. The van der Waals surface area contributed by atoms with Crippen LogP contribution in [0.4, 0.5) is 17.3 Å². The van der Waals surface area contributed by atoms with Crippen molar-refractivity contribution in [3.05, 3.63) is 41.7 Å². The molecule has 1 heterocycles. The summed E-state index contributed by atoms with van der Waals surface area (Å²) in [6.07, 6.45) is 2.23. The van der Waals surface area contributed by atoms with Gasteiger partial charge >= 0.3 is 0 Å². The van der Waals surface area contributed by atoms with Gasteiger partial charge < -0.3 is 15.5 Å². The Labute approximate surface area is 124 Å². The number of nitrogens with zero attached hydrogens (tertiary/aromatic N) is 2. The van der Waals surface area contributed by atoms with Gasteiger partial charge in [0.25, 0.3) is 0 Å². The molecule has 0 saturated heterocycles. The van der Waals surface area contributed by atoms with Crippen molar-refractivity contribution >= 4 is 17.3 Å². The summed E-state index contributed by atoms with van der Waals surface area (Å²) in [7, 11) is 1.60. The van der Waals surface area contributed by atoms with E-state index in [1.54, 1.807) is 13.2 Å². The fourth-order valence-electron chi connectivity index (χ4n) is 2.02. The molecule has 0 saturated carbocycles. The molecule has 0 atom stereocenters. The van der Waals surface area contributed by atoms with E-state index >= 15 is 0 Å². The Balaban J connectivity index is 2.15. The Hall–Kier alpha value is -2.18. The van der Waals surface area contributed by atoms with Crippen LogP contribution in [0.1, 0.15) is 24.7 Å². The molecule has 0 bridgehead atoms. The first kappa shape index (κ1) is 15.2. The molecule has 0 fully saturated rings. The molecule has 112 valence electrons. The van der Waals surface area contributed by atoms with E-state index in [1.165, 1.54) is 5.56 Å². The fraction of sp³-hybridized carbons (Fsp3) is 0.333. The molecule has 0 aliphatic carbocycles. The number of ether oxygens (including phenoxy) is 1. The highest BCUT2D eigenvalue weighted by molar-refractivity contribution is 5.59. The molecular formula is C15H21N5O. The van der Waals surface area contributed by atoms with Crippen molar-refractivity contribution in [1.82, 2.24) is 9.97 Å². The minimum absolute atomic E-state index is 0.333. The summed E-state index contributed by atoms with van der Waals surface area (Å²) in [5.41, 5.74) is 4.83. The number of aryl methyl sites for hydroxylation is 1. The fourth-order valence-corrected chi connectivity index (χ4v) is 2.02. The number of hydrazine groups is 1. The van der Waals surface area contributed by atoms with Gasteiger partial charge in [-0.3, -0.25) is 0 Å². The zero-order chi connectivity index (χ0) is 15.1. The van der Waals surface area contributed by atoms with E-state index in [2.05, 4.69) is 39.8 Å². The number of anilines is 3. The van der Waals surface area contributed by atoms with Crippen molar-refractivity contribution in [3.63, 3.8) is 0 Å². The van der Waals surface area contributed by atoms with Gasteiger partial charge in [-0.05, 0) is 24.1 Å². The molecule has 0 radical (unpaired) electrons. The van der Waals surface area contributed by atoms with Crippen LogP contribution < -0.4 is 16.6 Å². The number of nitrogens with two attached hydrogens (primary N) is 1. The van der Waals surface area contributed by atoms with Crippen LogP contribution in [0.15, 0.2) is 30.3 Å². The van der Waals surface area contributed by atoms with Gasteiger partial charge in [-0.2, -0.15) is 0 Å². The third kappa shape index (κ3) is 4.40. The van der Waals surface area contributed by atoms with Gasteiger partial charge in [-0.25, -0.2) is 15.8 Å². The summed E-state index contributed by atoms with van der Waals surface area (Å²) >= 11 is 0. The summed E-state index contributed by atoms with van der Waals surface area (Å²) in [6.45, 7) is 2.51. The Morgan fingerprint density at radius 1 is 1.14 bits per heavy atom. The third-order valence-electron chi connectivity index (χ3n) is 2.96. The van der Waals surface area contributed by atoms with Crippen LogP contribution >= 0.6 is 0 Å². The van der Waals surface area contributed by atoms with E-state index in [-0.39, 0.29) is 0 Å². The monoisotopic (exact) mass is 287 g/mol. The van der Waals surface area contributed by atoms with E-state index in [0.717, 1.165) is 18.5 Å². The highest BCUT2D eigenvalue weighted by Crippen LogP contribution is 2.18. The van der Waals surface area contributed by atoms with Crippen molar-refractivity contribution in [1.29, 1.82) is 0 Å². The quantitative estimate of drug-likeness (QED) is 0.536.